The van der Waals surface area contributed by atoms with Crippen LogP contribution in [0.4, 0.5) is 17.7 Å². The molecule has 0 radical (unpaired) electrons. The molecule has 2 atom stereocenters. The molecule has 0 bridgehead atoms. The number of aromatic nitrogens is 6. The number of nitrogens with two attached hydrogens (primary N) is 1. The number of carbonyl (C=O) groups is 1. The number of hydrogen-bond acceptors (Lipinski definition) is 11. The molecular formula is C25H36N10O3. The van der Waals surface area contributed by atoms with Crippen molar-refractivity contribution in [1.82, 2.24) is 34.4 Å². The summed E-state index contributed by atoms with van der Waals surface area (Å²) >= 11 is 0. The average Bonchev–Trinajstić information content (AvgIpc) is 3.26. The maximum atomic E-state index is 12.5. The molecule has 3 aromatic heterocycles. The number of ether oxygens (including phenoxy) is 1. The summed E-state index contributed by atoms with van der Waals surface area (Å²) in [6, 6.07) is -0.0783. The summed E-state index contributed by atoms with van der Waals surface area (Å²) in [5.74, 6) is 2.35. The minimum absolute atomic E-state index is 0.0783. The van der Waals surface area contributed by atoms with Crippen LogP contribution in [0, 0.1) is 5.92 Å². The minimum atomic E-state index is -1.02. The third kappa shape index (κ3) is 5.07. The average molecular weight is 525 g/mol. The van der Waals surface area contributed by atoms with Crippen LogP contribution in [0.15, 0.2) is 12.4 Å². The lowest BCUT2D eigenvalue weighted by molar-refractivity contribution is -0.141. The van der Waals surface area contributed by atoms with E-state index < -0.39 is 6.10 Å². The monoisotopic (exact) mass is 524 g/mol. The number of nitrogen functional groups attached to an aromatic ring is 1. The highest BCUT2D eigenvalue weighted by Crippen LogP contribution is 2.32. The van der Waals surface area contributed by atoms with Gasteiger partial charge in [-0.1, -0.05) is 13.8 Å². The summed E-state index contributed by atoms with van der Waals surface area (Å²) in [6.45, 7) is 12.9. The van der Waals surface area contributed by atoms with E-state index in [0.717, 1.165) is 22.9 Å². The van der Waals surface area contributed by atoms with Crippen LogP contribution in [-0.2, 0) is 16.1 Å². The zero-order valence-electron chi connectivity index (χ0n) is 22.4. The third-order valence-electron chi connectivity index (χ3n) is 6.90. The standard InChI is InChI=1S/C25H36N10O3/c1-15(2)13-35-22-19(29-25(35)33-5-6-34(16(3)14-33)23(37)17(4)36)21(32-7-9-38-10-8-32)30-20(31-22)18-11-27-24(26)28-12-18/h11-12,15-17,36H,5-10,13-14H2,1-4H3,(H2,26,27,28)/t16-,17+/m1/s1. The number of imidazole rings is 1. The SMILES string of the molecule is CC(C)Cn1c(N2CCN(C(=O)[C@H](C)O)[C@H](C)C2)nc2c(N3CCOCC3)nc(-c3cnc(N)nc3)nc21. The van der Waals surface area contributed by atoms with Gasteiger partial charge in [0.2, 0.25) is 11.9 Å². The van der Waals surface area contributed by atoms with E-state index in [4.69, 9.17) is 25.4 Å². The summed E-state index contributed by atoms with van der Waals surface area (Å²) in [5, 5.41) is 9.84. The molecule has 3 aromatic rings. The number of hydrogen-bond donors (Lipinski definition) is 2. The Morgan fingerprint density at radius 3 is 2.42 bits per heavy atom. The van der Waals surface area contributed by atoms with Gasteiger partial charge in [-0.05, 0) is 19.8 Å². The van der Waals surface area contributed by atoms with Gasteiger partial charge in [0.25, 0.3) is 5.91 Å². The first-order chi connectivity index (χ1) is 18.2. The van der Waals surface area contributed by atoms with Gasteiger partial charge in [-0.2, -0.15) is 0 Å². The van der Waals surface area contributed by atoms with E-state index in [1.165, 1.54) is 6.92 Å². The second-order valence-corrected chi connectivity index (χ2v) is 10.4. The number of aliphatic hydroxyl groups excluding tert-OH is 1. The van der Waals surface area contributed by atoms with Crippen molar-refractivity contribution in [2.45, 2.75) is 46.4 Å². The second-order valence-electron chi connectivity index (χ2n) is 10.4. The van der Waals surface area contributed by atoms with Crippen LogP contribution in [0.2, 0.25) is 0 Å². The fourth-order valence-corrected chi connectivity index (χ4v) is 5.03. The molecule has 2 aliphatic rings. The predicted molar refractivity (Wildman–Crippen MR) is 144 cm³/mol. The topological polar surface area (TPSA) is 152 Å². The first-order valence-electron chi connectivity index (χ1n) is 13.1. The van der Waals surface area contributed by atoms with Crippen molar-refractivity contribution in [2.24, 2.45) is 5.92 Å². The van der Waals surface area contributed by atoms with Crippen molar-refractivity contribution in [2.75, 3.05) is 61.5 Å². The summed E-state index contributed by atoms with van der Waals surface area (Å²) in [7, 11) is 0. The summed E-state index contributed by atoms with van der Waals surface area (Å²) in [6.07, 6.45) is 2.25. The zero-order valence-corrected chi connectivity index (χ0v) is 22.4. The van der Waals surface area contributed by atoms with Gasteiger partial charge < -0.3 is 30.3 Å². The van der Waals surface area contributed by atoms with Gasteiger partial charge in [0.15, 0.2) is 22.8 Å². The zero-order chi connectivity index (χ0) is 27.0. The van der Waals surface area contributed by atoms with E-state index in [0.29, 0.717) is 69.8 Å². The molecule has 2 aliphatic heterocycles. The number of nitrogens with zero attached hydrogens (tertiary/aromatic N) is 9. The van der Waals surface area contributed by atoms with E-state index >= 15 is 0 Å². The highest BCUT2D eigenvalue weighted by atomic mass is 16.5. The lowest BCUT2D eigenvalue weighted by Crippen LogP contribution is -2.56. The van der Waals surface area contributed by atoms with Crippen LogP contribution in [0.1, 0.15) is 27.7 Å². The first kappa shape index (κ1) is 26.0. The molecule has 1 amide bonds. The lowest BCUT2D eigenvalue weighted by atomic mass is 10.1. The third-order valence-corrected chi connectivity index (χ3v) is 6.90. The molecule has 0 unspecified atom stereocenters. The Bertz CT molecular complexity index is 1290. The number of amides is 1. The maximum Gasteiger partial charge on any atom is 0.251 e. The molecule has 13 nitrogen and oxygen atoms in total. The smallest absolute Gasteiger partial charge is 0.251 e. The van der Waals surface area contributed by atoms with Gasteiger partial charge in [-0.15, -0.1) is 0 Å². The van der Waals surface area contributed by atoms with Gasteiger partial charge in [-0.25, -0.2) is 24.9 Å². The quantitative estimate of drug-likeness (QED) is 0.470. The highest BCUT2D eigenvalue weighted by Gasteiger charge is 2.33. The number of aliphatic hydroxyl groups is 1. The largest absolute Gasteiger partial charge is 0.384 e. The number of rotatable bonds is 6. The number of carbonyl (C=O) groups excluding carboxylic acids is 1. The van der Waals surface area contributed by atoms with E-state index in [2.05, 4.69) is 38.2 Å². The molecule has 0 saturated carbocycles. The summed E-state index contributed by atoms with van der Waals surface area (Å²) < 4.78 is 7.75. The predicted octanol–water partition coefficient (Wildman–Crippen LogP) is 0.776. The maximum absolute atomic E-state index is 12.5. The van der Waals surface area contributed by atoms with Crippen molar-refractivity contribution in [3.05, 3.63) is 12.4 Å². The molecule has 0 aromatic carbocycles. The Hall–Kier alpha value is -3.58. The fraction of sp³-hybridized carbons (Fsp3) is 0.600. The van der Waals surface area contributed by atoms with Gasteiger partial charge in [0, 0.05) is 57.7 Å². The number of morpholine rings is 1. The lowest BCUT2D eigenvalue weighted by Gasteiger charge is -2.40. The number of anilines is 3. The van der Waals surface area contributed by atoms with E-state index in [1.807, 2.05) is 6.92 Å². The molecule has 2 saturated heterocycles. The summed E-state index contributed by atoms with van der Waals surface area (Å²) in [4.78, 5) is 42.0. The first-order valence-corrected chi connectivity index (χ1v) is 13.1. The molecule has 204 valence electrons. The molecule has 3 N–H and O–H groups in total. The molecule has 38 heavy (non-hydrogen) atoms. The molecular weight excluding hydrogens is 488 g/mol. The Morgan fingerprint density at radius 2 is 1.79 bits per heavy atom. The molecule has 5 rings (SSSR count). The van der Waals surface area contributed by atoms with Crippen LogP contribution < -0.4 is 15.5 Å². The minimum Gasteiger partial charge on any atom is -0.384 e. The van der Waals surface area contributed by atoms with Crippen LogP contribution in [-0.4, -0.2) is 103 Å². The van der Waals surface area contributed by atoms with E-state index in [1.54, 1.807) is 17.3 Å². The van der Waals surface area contributed by atoms with Crippen LogP contribution in [0.3, 0.4) is 0 Å². The van der Waals surface area contributed by atoms with E-state index in [-0.39, 0.29) is 17.9 Å². The van der Waals surface area contributed by atoms with Gasteiger partial charge in [0.05, 0.1) is 18.8 Å². The molecule has 2 fully saturated rings. The normalized spacial score (nSPS) is 19.4. The van der Waals surface area contributed by atoms with Crippen molar-refractivity contribution < 1.29 is 14.6 Å². The molecule has 0 spiro atoms. The highest BCUT2D eigenvalue weighted by molar-refractivity contribution is 5.88. The number of fused-ring (bicyclic) bond motifs is 1. The van der Waals surface area contributed by atoms with Crippen LogP contribution in [0.5, 0.6) is 0 Å². The fourth-order valence-electron chi connectivity index (χ4n) is 5.03. The molecule has 13 heteroatoms. The van der Waals surface area contributed by atoms with Crippen molar-refractivity contribution in [1.29, 1.82) is 0 Å². The van der Waals surface area contributed by atoms with Crippen LogP contribution >= 0.6 is 0 Å². The molecule has 0 aliphatic carbocycles. The Labute approximate surface area is 221 Å². The van der Waals surface area contributed by atoms with Crippen molar-refractivity contribution in [3.8, 4) is 11.4 Å². The van der Waals surface area contributed by atoms with Crippen molar-refractivity contribution >= 4 is 34.8 Å². The van der Waals surface area contributed by atoms with Gasteiger partial charge >= 0.3 is 0 Å². The second kappa shape index (κ2) is 10.7. The Kier molecular flexibility index (Phi) is 7.30. The number of piperazine rings is 1. The van der Waals surface area contributed by atoms with E-state index in [9.17, 15) is 9.90 Å². The van der Waals surface area contributed by atoms with Crippen LogP contribution in [0.25, 0.3) is 22.6 Å². The molecule has 5 heterocycles. The Morgan fingerprint density at radius 1 is 1.08 bits per heavy atom. The Balaban J connectivity index is 1.62. The van der Waals surface area contributed by atoms with Gasteiger partial charge in [0.1, 0.15) is 6.10 Å². The summed E-state index contributed by atoms with van der Waals surface area (Å²) in [5.41, 5.74) is 7.87. The van der Waals surface area contributed by atoms with Gasteiger partial charge in [-0.3, -0.25) is 9.36 Å². The van der Waals surface area contributed by atoms with Crippen molar-refractivity contribution in [3.63, 3.8) is 0 Å².